The Balaban J connectivity index is 2.64. The zero-order valence-electron chi connectivity index (χ0n) is 14.0. The minimum atomic E-state index is 0.552. The number of benzene rings is 2. The maximum absolute atomic E-state index is 6.54. The van der Waals surface area contributed by atoms with Crippen LogP contribution in [0, 0.1) is 20.8 Å². The van der Waals surface area contributed by atoms with Crippen molar-refractivity contribution in [1.82, 2.24) is 0 Å². The molecular formula is C20H27N. The van der Waals surface area contributed by atoms with E-state index in [0.29, 0.717) is 5.92 Å². The fourth-order valence-electron chi connectivity index (χ4n) is 3.49. The maximum Gasteiger partial charge on any atom is 0.0429 e. The first-order chi connectivity index (χ1) is 9.99. The summed E-state index contributed by atoms with van der Waals surface area (Å²) in [6.07, 6.45) is 2.27. The average Bonchev–Trinajstić information content (AvgIpc) is 2.42. The predicted molar refractivity (Wildman–Crippen MR) is 93.8 cm³/mol. The third kappa shape index (κ3) is 2.97. The Labute approximate surface area is 129 Å². The topological polar surface area (TPSA) is 26.0 Å². The van der Waals surface area contributed by atoms with Gasteiger partial charge in [-0.1, -0.05) is 49.7 Å². The van der Waals surface area contributed by atoms with Crippen LogP contribution >= 0.6 is 0 Å². The van der Waals surface area contributed by atoms with Gasteiger partial charge in [-0.15, -0.1) is 0 Å². The summed E-state index contributed by atoms with van der Waals surface area (Å²) in [6, 6.07) is 11.0. The number of para-hydroxylation sites is 1. The van der Waals surface area contributed by atoms with Gasteiger partial charge >= 0.3 is 0 Å². The number of rotatable bonds is 4. The number of nitrogens with two attached hydrogens (primary N) is 1. The first-order valence-electron chi connectivity index (χ1n) is 7.96. The van der Waals surface area contributed by atoms with Crippen molar-refractivity contribution in [3.05, 3.63) is 52.6 Å². The van der Waals surface area contributed by atoms with Crippen molar-refractivity contribution in [1.29, 1.82) is 0 Å². The molecule has 0 aliphatic heterocycles. The van der Waals surface area contributed by atoms with Crippen LogP contribution in [0.3, 0.4) is 0 Å². The van der Waals surface area contributed by atoms with E-state index in [1.165, 1.54) is 33.4 Å². The summed E-state index contributed by atoms with van der Waals surface area (Å²) in [5.74, 6) is 0.552. The van der Waals surface area contributed by atoms with Crippen molar-refractivity contribution in [3.8, 4) is 11.1 Å². The standard InChI is InChI=1S/C20H27N/c1-6-16(7-2)17-9-8-10-18(20(17)21)19-14(4)11-13(3)12-15(19)5/h8-12,16H,6-7,21H2,1-5H3. The largest absolute Gasteiger partial charge is 0.398 e. The molecule has 112 valence electrons. The number of hydrogen-bond donors (Lipinski definition) is 1. The second-order valence-electron chi connectivity index (χ2n) is 6.10. The molecule has 0 saturated carbocycles. The van der Waals surface area contributed by atoms with Gasteiger partial charge in [-0.25, -0.2) is 0 Å². The lowest BCUT2D eigenvalue weighted by atomic mass is 9.87. The Kier molecular flexibility index (Phi) is 4.72. The van der Waals surface area contributed by atoms with Crippen LogP contribution in [0.2, 0.25) is 0 Å². The van der Waals surface area contributed by atoms with Gasteiger partial charge in [0.15, 0.2) is 0 Å². The summed E-state index contributed by atoms with van der Waals surface area (Å²) in [7, 11) is 0. The Morgan fingerprint density at radius 1 is 0.952 bits per heavy atom. The van der Waals surface area contributed by atoms with Gasteiger partial charge in [0.2, 0.25) is 0 Å². The molecular weight excluding hydrogens is 254 g/mol. The normalized spacial score (nSPS) is 11.1. The van der Waals surface area contributed by atoms with E-state index in [-0.39, 0.29) is 0 Å². The van der Waals surface area contributed by atoms with E-state index in [0.717, 1.165) is 18.5 Å². The molecule has 0 aliphatic carbocycles. The van der Waals surface area contributed by atoms with Gasteiger partial charge in [-0.05, 0) is 61.8 Å². The minimum absolute atomic E-state index is 0.552. The molecule has 1 nitrogen and oxygen atoms in total. The highest BCUT2D eigenvalue weighted by Gasteiger charge is 2.16. The van der Waals surface area contributed by atoms with Gasteiger partial charge in [0, 0.05) is 11.3 Å². The second kappa shape index (κ2) is 6.34. The van der Waals surface area contributed by atoms with Gasteiger partial charge < -0.3 is 5.73 Å². The van der Waals surface area contributed by atoms with E-state index in [4.69, 9.17) is 5.73 Å². The third-order valence-corrected chi connectivity index (χ3v) is 4.51. The zero-order valence-corrected chi connectivity index (χ0v) is 14.0. The molecule has 0 aliphatic rings. The van der Waals surface area contributed by atoms with Crippen molar-refractivity contribution in [2.45, 2.75) is 53.4 Å². The quantitative estimate of drug-likeness (QED) is 0.708. The van der Waals surface area contributed by atoms with Crippen molar-refractivity contribution >= 4 is 5.69 Å². The lowest BCUT2D eigenvalue weighted by Crippen LogP contribution is -2.04. The molecule has 0 spiro atoms. The van der Waals surface area contributed by atoms with E-state index < -0.39 is 0 Å². The van der Waals surface area contributed by atoms with Gasteiger partial charge in [0.25, 0.3) is 0 Å². The SMILES string of the molecule is CCC(CC)c1cccc(-c2c(C)cc(C)cc2C)c1N. The molecule has 0 radical (unpaired) electrons. The Hall–Kier alpha value is -1.76. The highest BCUT2D eigenvalue weighted by molar-refractivity contribution is 5.83. The highest BCUT2D eigenvalue weighted by atomic mass is 14.6. The van der Waals surface area contributed by atoms with Crippen LogP contribution in [0.4, 0.5) is 5.69 Å². The first-order valence-corrected chi connectivity index (χ1v) is 7.96. The fraction of sp³-hybridized carbons (Fsp3) is 0.400. The van der Waals surface area contributed by atoms with Crippen molar-refractivity contribution in [2.75, 3.05) is 5.73 Å². The molecule has 0 atom stereocenters. The molecule has 0 amide bonds. The van der Waals surface area contributed by atoms with Crippen molar-refractivity contribution in [3.63, 3.8) is 0 Å². The van der Waals surface area contributed by atoms with Crippen molar-refractivity contribution in [2.24, 2.45) is 0 Å². The molecule has 0 aromatic heterocycles. The molecule has 0 bridgehead atoms. The molecule has 2 aromatic carbocycles. The average molecular weight is 281 g/mol. The molecule has 0 fully saturated rings. The molecule has 0 saturated heterocycles. The predicted octanol–water partition coefficient (Wildman–Crippen LogP) is 5.76. The van der Waals surface area contributed by atoms with Crippen LogP contribution in [-0.4, -0.2) is 0 Å². The second-order valence-corrected chi connectivity index (χ2v) is 6.10. The summed E-state index contributed by atoms with van der Waals surface area (Å²) in [5.41, 5.74) is 15.2. The molecule has 2 aromatic rings. The lowest BCUT2D eigenvalue weighted by Gasteiger charge is -2.20. The van der Waals surface area contributed by atoms with E-state index in [1.54, 1.807) is 0 Å². The summed E-state index contributed by atoms with van der Waals surface area (Å²) < 4.78 is 0. The highest BCUT2D eigenvalue weighted by Crippen LogP contribution is 2.38. The maximum atomic E-state index is 6.54. The lowest BCUT2D eigenvalue weighted by molar-refractivity contribution is 0.644. The fourth-order valence-corrected chi connectivity index (χ4v) is 3.49. The molecule has 0 unspecified atom stereocenters. The van der Waals surface area contributed by atoms with Gasteiger partial charge in [-0.3, -0.25) is 0 Å². The monoisotopic (exact) mass is 281 g/mol. The van der Waals surface area contributed by atoms with Crippen LogP contribution < -0.4 is 5.73 Å². The van der Waals surface area contributed by atoms with E-state index in [9.17, 15) is 0 Å². The molecule has 0 heterocycles. The van der Waals surface area contributed by atoms with Crippen LogP contribution in [0.5, 0.6) is 0 Å². The summed E-state index contributed by atoms with van der Waals surface area (Å²) >= 11 is 0. The van der Waals surface area contributed by atoms with Gasteiger partial charge in [-0.2, -0.15) is 0 Å². The summed E-state index contributed by atoms with van der Waals surface area (Å²) in [6.45, 7) is 11.0. The molecule has 21 heavy (non-hydrogen) atoms. The summed E-state index contributed by atoms with van der Waals surface area (Å²) in [4.78, 5) is 0. The van der Waals surface area contributed by atoms with Crippen LogP contribution in [0.1, 0.15) is 54.9 Å². The smallest absolute Gasteiger partial charge is 0.0429 e. The Morgan fingerprint density at radius 3 is 2.05 bits per heavy atom. The molecule has 2 N–H and O–H groups in total. The summed E-state index contributed by atoms with van der Waals surface area (Å²) in [5, 5.41) is 0. The number of hydrogen-bond acceptors (Lipinski definition) is 1. The minimum Gasteiger partial charge on any atom is -0.398 e. The zero-order chi connectivity index (χ0) is 15.6. The van der Waals surface area contributed by atoms with Crippen LogP contribution in [0.15, 0.2) is 30.3 Å². The number of anilines is 1. The third-order valence-electron chi connectivity index (χ3n) is 4.51. The van der Waals surface area contributed by atoms with Gasteiger partial charge in [0.1, 0.15) is 0 Å². The molecule has 2 rings (SSSR count). The van der Waals surface area contributed by atoms with Crippen molar-refractivity contribution < 1.29 is 0 Å². The van der Waals surface area contributed by atoms with Crippen LogP contribution in [-0.2, 0) is 0 Å². The van der Waals surface area contributed by atoms with E-state index in [1.807, 2.05) is 0 Å². The van der Waals surface area contributed by atoms with Gasteiger partial charge in [0.05, 0.1) is 0 Å². The number of aryl methyl sites for hydroxylation is 3. The van der Waals surface area contributed by atoms with E-state index >= 15 is 0 Å². The Morgan fingerprint density at radius 2 is 1.52 bits per heavy atom. The molecule has 1 heteroatoms. The number of nitrogen functional groups attached to an aromatic ring is 1. The Bertz CT molecular complexity index is 613. The first kappa shape index (κ1) is 15.6. The van der Waals surface area contributed by atoms with Crippen LogP contribution in [0.25, 0.3) is 11.1 Å². The van der Waals surface area contributed by atoms with E-state index in [2.05, 4.69) is 65.0 Å².